The van der Waals surface area contributed by atoms with Crippen LogP contribution in [0.3, 0.4) is 0 Å². The Bertz CT molecular complexity index is 264. The van der Waals surface area contributed by atoms with E-state index in [1.807, 2.05) is 11.9 Å². The van der Waals surface area contributed by atoms with E-state index in [-0.39, 0.29) is 6.04 Å². The van der Waals surface area contributed by atoms with Gasteiger partial charge in [-0.05, 0) is 7.05 Å². The first-order valence-corrected chi connectivity index (χ1v) is 4.77. The lowest BCUT2D eigenvalue weighted by Gasteiger charge is -2.32. The number of hydrogen-bond acceptors (Lipinski definition) is 5. The molecule has 1 aliphatic rings. The van der Waals surface area contributed by atoms with Crippen LogP contribution in [0.5, 0.6) is 0 Å². The minimum absolute atomic E-state index is 0.00694. The molecular weight excluding hydrogens is 198 g/mol. The van der Waals surface area contributed by atoms with Crippen LogP contribution in [0.25, 0.3) is 0 Å². The summed E-state index contributed by atoms with van der Waals surface area (Å²) in [4.78, 5) is 13.3. The van der Waals surface area contributed by atoms with Crippen molar-refractivity contribution >= 4 is 5.97 Å². The molecule has 5 heteroatoms. The molecule has 1 N–H and O–H groups in total. The lowest BCUT2D eigenvalue weighted by molar-refractivity contribution is -0.137. The molecule has 1 heterocycles. The van der Waals surface area contributed by atoms with Gasteiger partial charge in [0.15, 0.2) is 0 Å². The van der Waals surface area contributed by atoms with Gasteiger partial charge >= 0.3 is 5.97 Å². The van der Waals surface area contributed by atoms with Crippen molar-refractivity contribution in [2.45, 2.75) is 12.1 Å². The van der Waals surface area contributed by atoms with Crippen LogP contribution in [0.15, 0.2) is 11.6 Å². The minimum atomic E-state index is -0.782. The van der Waals surface area contributed by atoms with Gasteiger partial charge in [0.1, 0.15) is 0 Å². The summed E-state index contributed by atoms with van der Waals surface area (Å²) in [6.45, 7) is 0.901. The van der Waals surface area contributed by atoms with Crippen LogP contribution in [-0.2, 0) is 14.3 Å². The third-order valence-electron chi connectivity index (χ3n) is 2.52. The summed E-state index contributed by atoms with van der Waals surface area (Å²) in [6, 6.07) is 0.00694. The van der Waals surface area contributed by atoms with Crippen LogP contribution in [0, 0.1) is 0 Å². The fourth-order valence-corrected chi connectivity index (χ4v) is 1.62. The lowest BCUT2D eigenvalue weighted by Crippen LogP contribution is -2.45. The summed E-state index contributed by atoms with van der Waals surface area (Å²) < 4.78 is 9.62. The van der Waals surface area contributed by atoms with Crippen LogP contribution < -0.4 is 0 Å². The molecule has 0 aromatic carbocycles. The number of esters is 1. The summed E-state index contributed by atoms with van der Waals surface area (Å²) in [5.41, 5.74) is 0.317. The van der Waals surface area contributed by atoms with Crippen molar-refractivity contribution in [3.8, 4) is 0 Å². The summed E-state index contributed by atoms with van der Waals surface area (Å²) >= 11 is 0. The predicted octanol–water partition coefficient (Wildman–Crippen LogP) is -0.593. The summed E-state index contributed by atoms with van der Waals surface area (Å²) in [7, 11) is 4.78. The highest BCUT2D eigenvalue weighted by molar-refractivity contribution is 5.89. The number of carbonyl (C=O) groups excluding carboxylic acids is 1. The zero-order valence-electron chi connectivity index (χ0n) is 9.27. The Morgan fingerprint density at radius 2 is 2.33 bits per heavy atom. The Labute approximate surface area is 89.3 Å². The van der Waals surface area contributed by atoms with Gasteiger partial charge in [0, 0.05) is 13.7 Å². The molecule has 0 amide bonds. The second kappa shape index (κ2) is 5.25. The number of nitrogens with zero attached hydrogens (tertiary/aromatic N) is 1. The van der Waals surface area contributed by atoms with Crippen LogP contribution in [-0.4, -0.2) is 62.5 Å². The van der Waals surface area contributed by atoms with Crippen molar-refractivity contribution in [3.63, 3.8) is 0 Å². The number of aliphatic hydroxyl groups is 1. The maximum atomic E-state index is 11.3. The zero-order valence-corrected chi connectivity index (χ0v) is 9.27. The predicted molar refractivity (Wildman–Crippen MR) is 54.4 cm³/mol. The van der Waals surface area contributed by atoms with Gasteiger partial charge in [0.2, 0.25) is 0 Å². The van der Waals surface area contributed by atoms with E-state index in [9.17, 15) is 9.90 Å². The molecule has 0 bridgehead atoms. The van der Waals surface area contributed by atoms with Gasteiger partial charge in [-0.15, -0.1) is 0 Å². The first kappa shape index (κ1) is 12.2. The number of rotatable bonds is 3. The molecule has 0 aliphatic carbocycles. The molecule has 0 unspecified atom stereocenters. The van der Waals surface area contributed by atoms with Gasteiger partial charge in [-0.3, -0.25) is 4.90 Å². The third kappa shape index (κ3) is 2.77. The van der Waals surface area contributed by atoms with E-state index >= 15 is 0 Å². The first-order chi connectivity index (χ1) is 7.10. The van der Waals surface area contributed by atoms with Crippen LogP contribution in [0.4, 0.5) is 0 Å². The highest BCUT2D eigenvalue weighted by Crippen LogP contribution is 2.16. The fraction of sp³-hybridized carbons (Fsp3) is 0.700. The number of ether oxygens (including phenoxy) is 2. The average Bonchev–Trinajstić information content (AvgIpc) is 2.21. The molecule has 1 aliphatic heterocycles. The Hall–Kier alpha value is -0.910. The molecule has 5 nitrogen and oxygen atoms in total. The molecular formula is C10H17NO4. The Morgan fingerprint density at radius 3 is 2.87 bits per heavy atom. The fourth-order valence-electron chi connectivity index (χ4n) is 1.62. The highest BCUT2D eigenvalue weighted by atomic mass is 16.5. The van der Waals surface area contributed by atoms with E-state index < -0.39 is 12.1 Å². The maximum absolute atomic E-state index is 11.3. The van der Waals surface area contributed by atoms with E-state index in [4.69, 9.17) is 4.74 Å². The van der Waals surface area contributed by atoms with Crippen LogP contribution in [0.2, 0.25) is 0 Å². The van der Waals surface area contributed by atoms with E-state index in [1.54, 1.807) is 13.2 Å². The smallest absolute Gasteiger partial charge is 0.336 e. The maximum Gasteiger partial charge on any atom is 0.336 e. The van der Waals surface area contributed by atoms with E-state index in [0.29, 0.717) is 18.7 Å². The van der Waals surface area contributed by atoms with Gasteiger partial charge in [0.25, 0.3) is 0 Å². The average molecular weight is 215 g/mol. The third-order valence-corrected chi connectivity index (χ3v) is 2.52. The largest absolute Gasteiger partial charge is 0.466 e. The van der Waals surface area contributed by atoms with Crippen LogP contribution >= 0.6 is 0 Å². The second-order valence-corrected chi connectivity index (χ2v) is 3.59. The number of aliphatic hydroxyl groups excluding tert-OH is 1. The van der Waals surface area contributed by atoms with Crippen LogP contribution in [0.1, 0.15) is 0 Å². The van der Waals surface area contributed by atoms with Gasteiger partial charge in [-0.1, -0.05) is 6.08 Å². The minimum Gasteiger partial charge on any atom is -0.466 e. The number of methoxy groups -OCH3 is 2. The summed E-state index contributed by atoms with van der Waals surface area (Å²) in [5, 5.41) is 9.68. The van der Waals surface area contributed by atoms with E-state index in [2.05, 4.69) is 4.74 Å². The summed E-state index contributed by atoms with van der Waals surface area (Å²) in [6.07, 6.45) is 0.916. The molecule has 0 aromatic heterocycles. The topological polar surface area (TPSA) is 59.0 Å². The molecule has 0 radical (unpaired) electrons. The number of carbonyl (C=O) groups is 1. The molecule has 0 spiro atoms. The molecule has 0 fully saturated rings. The van der Waals surface area contributed by atoms with Crippen molar-refractivity contribution in [2.75, 3.05) is 34.4 Å². The van der Waals surface area contributed by atoms with E-state index in [1.165, 1.54) is 7.11 Å². The lowest BCUT2D eigenvalue weighted by atomic mass is 10.0. The molecule has 15 heavy (non-hydrogen) atoms. The molecule has 86 valence electrons. The van der Waals surface area contributed by atoms with Gasteiger partial charge in [-0.2, -0.15) is 0 Å². The molecule has 1 rings (SSSR count). The molecule has 0 aromatic rings. The van der Waals surface area contributed by atoms with Crippen molar-refractivity contribution in [1.82, 2.24) is 4.90 Å². The number of β-amino-alcohol motifs (C(OH)–C–C–N with tert-alkyl or cyclic N) is 1. The molecule has 0 saturated heterocycles. The monoisotopic (exact) mass is 215 g/mol. The van der Waals surface area contributed by atoms with Gasteiger partial charge in [-0.25, -0.2) is 4.79 Å². The molecule has 0 saturated carbocycles. The van der Waals surface area contributed by atoms with Crippen molar-refractivity contribution in [1.29, 1.82) is 0 Å². The van der Waals surface area contributed by atoms with E-state index in [0.717, 1.165) is 0 Å². The normalized spacial score (nSPS) is 27.3. The zero-order chi connectivity index (χ0) is 11.4. The Morgan fingerprint density at radius 1 is 1.67 bits per heavy atom. The second-order valence-electron chi connectivity index (χ2n) is 3.59. The number of likely N-dealkylation sites (N-methyl/N-ethyl adjacent to an activating group) is 1. The molecule has 2 atom stereocenters. The first-order valence-electron chi connectivity index (χ1n) is 4.77. The SMILES string of the molecule is COC[C@@H]1C=C(C(=O)OC)[C@H](O)CN1C. The number of hydrogen-bond donors (Lipinski definition) is 1. The Kier molecular flexibility index (Phi) is 4.26. The van der Waals surface area contributed by atoms with Gasteiger partial charge in [0.05, 0.1) is 31.4 Å². The standard InChI is InChI=1S/C10H17NO4/c1-11-5-9(12)8(10(13)15-3)4-7(11)6-14-2/h4,7,9,12H,5-6H2,1-3H3/t7-,9+/m0/s1. The van der Waals surface area contributed by atoms with Crippen molar-refractivity contribution < 1.29 is 19.4 Å². The highest BCUT2D eigenvalue weighted by Gasteiger charge is 2.29. The van der Waals surface area contributed by atoms with Crippen molar-refractivity contribution in [3.05, 3.63) is 11.6 Å². The van der Waals surface area contributed by atoms with Gasteiger partial charge < -0.3 is 14.6 Å². The van der Waals surface area contributed by atoms with Crippen molar-refractivity contribution in [2.24, 2.45) is 0 Å². The summed E-state index contributed by atoms with van der Waals surface area (Å²) in [5.74, 6) is -0.475. The Balaban J connectivity index is 2.83. The quantitative estimate of drug-likeness (QED) is 0.637.